The van der Waals surface area contributed by atoms with Gasteiger partial charge < -0.3 is 15.3 Å². The van der Waals surface area contributed by atoms with Gasteiger partial charge in [0.2, 0.25) is 0 Å². The zero-order chi connectivity index (χ0) is 18.0. The molecule has 0 radical (unpaired) electrons. The number of aliphatic hydroxyl groups is 3. The van der Waals surface area contributed by atoms with Gasteiger partial charge in [0.1, 0.15) is 0 Å². The molecule has 0 aliphatic heterocycles. The highest BCUT2D eigenvalue weighted by molar-refractivity contribution is 6.32. The van der Waals surface area contributed by atoms with Crippen molar-refractivity contribution in [2.24, 2.45) is 28.6 Å². The summed E-state index contributed by atoms with van der Waals surface area (Å²) in [5.41, 5.74) is -0.394. The molecule has 4 heteroatoms. The van der Waals surface area contributed by atoms with Gasteiger partial charge in [-0.15, -0.1) is 0 Å². The van der Waals surface area contributed by atoms with E-state index in [4.69, 9.17) is 11.6 Å². The number of hydrogen-bond donors (Lipinski definition) is 3. The molecule has 0 unspecified atom stereocenters. The second-order valence-corrected chi connectivity index (χ2v) is 9.40. The van der Waals surface area contributed by atoms with Gasteiger partial charge in [-0.3, -0.25) is 0 Å². The van der Waals surface area contributed by atoms with E-state index < -0.39 is 11.7 Å². The summed E-state index contributed by atoms with van der Waals surface area (Å²) in [5, 5.41) is 32.7. The summed E-state index contributed by atoms with van der Waals surface area (Å²) in [7, 11) is 0. The van der Waals surface area contributed by atoms with Crippen LogP contribution < -0.4 is 0 Å². The first-order valence-electron chi connectivity index (χ1n) is 9.54. The van der Waals surface area contributed by atoms with Crippen molar-refractivity contribution in [3.05, 3.63) is 34.9 Å². The lowest BCUT2D eigenvalue weighted by molar-refractivity contribution is -0.155. The van der Waals surface area contributed by atoms with Gasteiger partial charge in [0.05, 0.1) is 11.7 Å². The zero-order valence-electron chi connectivity index (χ0n) is 15.1. The molecule has 7 atom stereocenters. The third-order valence-corrected chi connectivity index (χ3v) is 8.32. The fourth-order valence-electron chi connectivity index (χ4n) is 6.70. The zero-order valence-corrected chi connectivity index (χ0v) is 15.8. The van der Waals surface area contributed by atoms with Crippen molar-refractivity contribution in [3.8, 4) is 0 Å². The predicted molar refractivity (Wildman–Crippen MR) is 99.0 cm³/mol. The smallest absolute Gasteiger partial charge is 0.0726 e. The maximum Gasteiger partial charge on any atom is 0.0726 e. The van der Waals surface area contributed by atoms with Crippen LogP contribution >= 0.6 is 11.6 Å². The van der Waals surface area contributed by atoms with Gasteiger partial charge in [0.25, 0.3) is 0 Å². The Hall–Kier alpha value is -0.610. The molecular formula is C21H29ClO3. The third-order valence-electron chi connectivity index (χ3n) is 7.99. The second-order valence-electron chi connectivity index (χ2n) is 9.00. The Balaban J connectivity index is 1.81. The van der Waals surface area contributed by atoms with Crippen molar-refractivity contribution in [1.82, 2.24) is 0 Å². The molecule has 4 aliphatic rings. The number of allylic oxidation sites excluding steroid dienone is 6. The molecular weight excluding hydrogens is 336 g/mol. The first kappa shape index (κ1) is 17.8. The molecule has 0 heterocycles. The Labute approximate surface area is 155 Å². The molecule has 4 rings (SSSR count). The van der Waals surface area contributed by atoms with Crippen molar-refractivity contribution in [3.63, 3.8) is 0 Å². The highest BCUT2D eigenvalue weighted by atomic mass is 35.5. The Bertz CT molecular complexity index is 668. The third kappa shape index (κ3) is 2.22. The van der Waals surface area contributed by atoms with Crippen LogP contribution in [-0.4, -0.2) is 33.6 Å². The average Bonchev–Trinajstić information content (AvgIpc) is 2.78. The first-order valence-corrected chi connectivity index (χ1v) is 9.92. The number of fused-ring (bicyclic) bond motifs is 5. The van der Waals surface area contributed by atoms with Crippen LogP contribution in [0.1, 0.15) is 46.0 Å². The first-order chi connectivity index (χ1) is 11.8. The molecule has 3 nitrogen and oxygen atoms in total. The van der Waals surface area contributed by atoms with Crippen LogP contribution in [0.2, 0.25) is 0 Å². The molecule has 0 bridgehead atoms. The molecule has 0 amide bonds. The normalized spacial score (nSPS) is 51.3. The van der Waals surface area contributed by atoms with Gasteiger partial charge in [-0.1, -0.05) is 49.8 Å². The topological polar surface area (TPSA) is 60.7 Å². The largest absolute Gasteiger partial charge is 0.396 e. The minimum absolute atomic E-state index is 0.0209. The Morgan fingerprint density at radius 3 is 2.80 bits per heavy atom. The monoisotopic (exact) mass is 364 g/mol. The van der Waals surface area contributed by atoms with Crippen molar-refractivity contribution < 1.29 is 15.3 Å². The van der Waals surface area contributed by atoms with E-state index in [1.807, 2.05) is 0 Å². The van der Waals surface area contributed by atoms with Crippen LogP contribution in [0.3, 0.4) is 0 Å². The summed E-state index contributed by atoms with van der Waals surface area (Å²) in [5.74, 6) is 0.520. The molecule has 2 saturated carbocycles. The Kier molecular flexibility index (Phi) is 4.05. The van der Waals surface area contributed by atoms with Crippen LogP contribution in [0.5, 0.6) is 0 Å². The van der Waals surface area contributed by atoms with Gasteiger partial charge in [0.15, 0.2) is 0 Å². The Morgan fingerprint density at radius 1 is 1.32 bits per heavy atom. The van der Waals surface area contributed by atoms with Gasteiger partial charge in [-0.25, -0.2) is 0 Å². The van der Waals surface area contributed by atoms with Gasteiger partial charge in [0, 0.05) is 28.4 Å². The standard InChI is InChI=1S/C21H29ClO3/c1-19-7-4-3-5-15(19)16(22)11-13-14-6-8-21(25,9-10-23)20(14,2)12-17(24)18(13)19/h4-5,7,11,13-14,17-18,23-25H,3,6,8-10,12H2,1-2H3/t13-,14-,17-,18+,19-,20-,21-/m0/s1. The Morgan fingerprint density at radius 2 is 2.08 bits per heavy atom. The summed E-state index contributed by atoms with van der Waals surface area (Å²) in [6.07, 6.45) is 11.7. The maximum atomic E-state index is 11.3. The van der Waals surface area contributed by atoms with Crippen LogP contribution in [-0.2, 0) is 0 Å². The fourth-order valence-corrected chi connectivity index (χ4v) is 7.12. The van der Waals surface area contributed by atoms with Gasteiger partial charge in [-0.2, -0.15) is 0 Å². The van der Waals surface area contributed by atoms with E-state index in [0.717, 1.165) is 23.4 Å². The summed E-state index contributed by atoms with van der Waals surface area (Å²) >= 11 is 6.69. The minimum atomic E-state index is -0.905. The van der Waals surface area contributed by atoms with E-state index >= 15 is 0 Å². The highest BCUT2D eigenvalue weighted by Gasteiger charge is 2.65. The molecule has 0 spiro atoms. The molecule has 3 N–H and O–H groups in total. The van der Waals surface area contributed by atoms with E-state index in [-0.39, 0.29) is 35.2 Å². The van der Waals surface area contributed by atoms with Crippen LogP contribution in [0.4, 0.5) is 0 Å². The van der Waals surface area contributed by atoms with Gasteiger partial charge >= 0.3 is 0 Å². The quantitative estimate of drug-likeness (QED) is 0.657. The summed E-state index contributed by atoms with van der Waals surface area (Å²) in [4.78, 5) is 0. The summed E-state index contributed by atoms with van der Waals surface area (Å²) < 4.78 is 0. The van der Waals surface area contributed by atoms with Crippen LogP contribution in [0.25, 0.3) is 0 Å². The van der Waals surface area contributed by atoms with E-state index in [0.29, 0.717) is 19.3 Å². The minimum Gasteiger partial charge on any atom is -0.396 e. The fraction of sp³-hybridized carbons (Fsp3) is 0.714. The molecule has 0 saturated heterocycles. The summed E-state index contributed by atoms with van der Waals surface area (Å²) in [6, 6.07) is 0. The van der Waals surface area contributed by atoms with Crippen molar-refractivity contribution in [2.45, 2.75) is 57.7 Å². The number of rotatable bonds is 2. The SMILES string of the molecule is C[C@]12C=CCC=C1C(Cl)=C[C@@H]1[C@@H]2[C@@H](O)C[C@@]2(C)[C@H]1CC[C@]2(O)CCO. The molecule has 25 heavy (non-hydrogen) atoms. The second kappa shape index (κ2) is 5.69. The van der Waals surface area contributed by atoms with Crippen molar-refractivity contribution >= 4 is 11.6 Å². The maximum absolute atomic E-state index is 11.3. The lowest BCUT2D eigenvalue weighted by Gasteiger charge is -2.58. The number of halogens is 1. The molecule has 0 aromatic heterocycles. The van der Waals surface area contributed by atoms with Crippen LogP contribution in [0, 0.1) is 28.6 Å². The van der Waals surface area contributed by atoms with Crippen LogP contribution in [0.15, 0.2) is 34.9 Å². The lowest BCUT2D eigenvalue weighted by atomic mass is 9.48. The van der Waals surface area contributed by atoms with Crippen molar-refractivity contribution in [2.75, 3.05) is 6.61 Å². The summed E-state index contributed by atoms with van der Waals surface area (Å²) in [6.45, 7) is 4.28. The van der Waals surface area contributed by atoms with E-state index in [2.05, 4.69) is 38.2 Å². The average molecular weight is 365 g/mol. The molecule has 0 aromatic carbocycles. The van der Waals surface area contributed by atoms with E-state index in [1.54, 1.807) is 0 Å². The van der Waals surface area contributed by atoms with E-state index in [1.165, 1.54) is 0 Å². The lowest BCUT2D eigenvalue weighted by Crippen LogP contribution is -2.58. The van der Waals surface area contributed by atoms with E-state index in [9.17, 15) is 15.3 Å². The van der Waals surface area contributed by atoms with Gasteiger partial charge in [-0.05, 0) is 49.5 Å². The number of hydrogen-bond acceptors (Lipinski definition) is 3. The highest BCUT2D eigenvalue weighted by Crippen LogP contribution is 2.67. The predicted octanol–water partition coefficient (Wildman–Crippen LogP) is 3.54. The molecule has 0 aromatic rings. The molecule has 2 fully saturated rings. The van der Waals surface area contributed by atoms with Crippen molar-refractivity contribution in [1.29, 1.82) is 0 Å². The molecule has 138 valence electrons. The number of aliphatic hydroxyl groups excluding tert-OH is 2. The molecule has 4 aliphatic carbocycles.